The highest BCUT2D eigenvalue weighted by atomic mass is 16.5. The Balaban J connectivity index is 3.03. The largest absolute Gasteiger partial charge is 0.507 e. The highest BCUT2D eigenvalue weighted by Gasteiger charge is 2.22. The van der Waals surface area contributed by atoms with Crippen molar-refractivity contribution in [1.82, 2.24) is 4.90 Å². The van der Waals surface area contributed by atoms with Crippen LogP contribution < -0.4 is 4.74 Å². The number of rotatable bonds is 4. The van der Waals surface area contributed by atoms with Gasteiger partial charge in [-0.15, -0.1) is 0 Å². The summed E-state index contributed by atoms with van der Waals surface area (Å²) in [5.41, 5.74) is 0.268. The number of aromatic hydroxyl groups is 1. The Morgan fingerprint density at radius 1 is 1.33 bits per heavy atom. The summed E-state index contributed by atoms with van der Waals surface area (Å²) in [7, 11) is 3.27. The van der Waals surface area contributed by atoms with Crippen LogP contribution in [0.4, 0.5) is 0 Å². The van der Waals surface area contributed by atoms with Crippen molar-refractivity contribution >= 4 is 5.91 Å². The Kier molecular flexibility index (Phi) is 4.59. The van der Waals surface area contributed by atoms with Crippen LogP contribution in [0.1, 0.15) is 31.1 Å². The van der Waals surface area contributed by atoms with E-state index in [1.165, 1.54) is 13.2 Å². The molecule has 0 heterocycles. The van der Waals surface area contributed by atoms with E-state index in [1.54, 1.807) is 24.1 Å². The van der Waals surface area contributed by atoms with Crippen molar-refractivity contribution in [3.8, 4) is 11.5 Å². The minimum atomic E-state index is -0.201. The summed E-state index contributed by atoms with van der Waals surface area (Å²) in [6, 6.07) is 4.75. The van der Waals surface area contributed by atoms with Gasteiger partial charge in [0.05, 0.1) is 12.7 Å². The summed E-state index contributed by atoms with van der Waals surface area (Å²) < 4.78 is 5.07. The Hall–Kier alpha value is -1.71. The van der Waals surface area contributed by atoms with Crippen LogP contribution in [-0.2, 0) is 0 Å². The van der Waals surface area contributed by atoms with Gasteiger partial charge in [0.2, 0.25) is 0 Å². The maximum Gasteiger partial charge on any atom is 0.257 e. The third kappa shape index (κ3) is 2.94. The fourth-order valence-electron chi connectivity index (χ4n) is 1.64. The lowest BCUT2D eigenvalue weighted by Crippen LogP contribution is -2.38. The second-order valence-electron chi connectivity index (χ2n) is 4.78. The van der Waals surface area contributed by atoms with Gasteiger partial charge >= 0.3 is 0 Å². The lowest BCUT2D eigenvalue weighted by molar-refractivity contribution is 0.0703. The molecule has 4 nitrogen and oxygen atoms in total. The fraction of sp³-hybridized carbons (Fsp3) is 0.500. The van der Waals surface area contributed by atoms with Crippen LogP contribution >= 0.6 is 0 Å². The first-order chi connectivity index (χ1) is 8.38. The molecule has 100 valence electrons. The first kappa shape index (κ1) is 14.4. The van der Waals surface area contributed by atoms with Crippen molar-refractivity contribution in [2.24, 2.45) is 5.92 Å². The highest BCUT2D eigenvalue weighted by Crippen LogP contribution is 2.25. The van der Waals surface area contributed by atoms with Gasteiger partial charge in [-0.05, 0) is 31.0 Å². The summed E-state index contributed by atoms with van der Waals surface area (Å²) in [6.07, 6.45) is 0. The van der Waals surface area contributed by atoms with E-state index >= 15 is 0 Å². The minimum Gasteiger partial charge on any atom is -0.507 e. The van der Waals surface area contributed by atoms with E-state index in [4.69, 9.17) is 4.74 Å². The van der Waals surface area contributed by atoms with Crippen molar-refractivity contribution in [3.05, 3.63) is 23.8 Å². The Bertz CT molecular complexity index is 429. The van der Waals surface area contributed by atoms with Crippen LogP contribution in [-0.4, -0.2) is 36.1 Å². The van der Waals surface area contributed by atoms with Gasteiger partial charge < -0.3 is 14.7 Å². The maximum atomic E-state index is 12.3. The van der Waals surface area contributed by atoms with Crippen molar-refractivity contribution in [2.45, 2.75) is 26.8 Å². The number of phenols is 1. The fourth-order valence-corrected chi connectivity index (χ4v) is 1.64. The summed E-state index contributed by atoms with van der Waals surface area (Å²) in [4.78, 5) is 13.9. The molecule has 1 rings (SSSR count). The molecule has 0 aliphatic heterocycles. The number of carbonyl (C=O) groups is 1. The van der Waals surface area contributed by atoms with E-state index in [0.29, 0.717) is 11.7 Å². The van der Waals surface area contributed by atoms with Gasteiger partial charge in [-0.1, -0.05) is 13.8 Å². The van der Waals surface area contributed by atoms with Crippen molar-refractivity contribution in [1.29, 1.82) is 0 Å². The summed E-state index contributed by atoms with van der Waals surface area (Å²) >= 11 is 0. The van der Waals surface area contributed by atoms with Gasteiger partial charge in [0.1, 0.15) is 11.5 Å². The van der Waals surface area contributed by atoms with E-state index < -0.39 is 0 Å². The standard InChI is InChI=1S/C14H21NO3/c1-9(2)10(3)15(4)14(17)12-8-11(18-5)6-7-13(12)16/h6-10,16H,1-5H3. The summed E-state index contributed by atoms with van der Waals surface area (Å²) in [6.45, 7) is 6.10. The second kappa shape index (κ2) is 5.76. The monoisotopic (exact) mass is 251 g/mol. The predicted molar refractivity (Wildman–Crippen MR) is 71.1 cm³/mol. The third-order valence-corrected chi connectivity index (χ3v) is 3.33. The molecule has 1 aromatic carbocycles. The molecule has 1 unspecified atom stereocenters. The van der Waals surface area contributed by atoms with Crippen molar-refractivity contribution in [3.63, 3.8) is 0 Å². The normalized spacial score (nSPS) is 12.3. The van der Waals surface area contributed by atoms with Gasteiger partial charge in [0.15, 0.2) is 0 Å². The number of phenolic OH excluding ortho intramolecular Hbond substituents is 1. The molecule has 18 heavy (non-hydrogen) atoms. The zero-order valence-electron chi connectivity index (χ0n) is 11.6. The smallest absolute Gasteiger partial charge is 0.257 e. The molecule has 0 radical (unpaired) electrons. The average Bonchev–Trinajstić information content (AvgIpc) is 2.36. The molecule has 0 aliphatic rings. The van der Waals surface area contributed by atoms with Gasteiger partial charge in [0, 0.05) is 13.1 Å². The number of benzene rings is 1. The highest BCUT2D eigenvalue weighted by molar-refractivity contribution is 5.97. The second-order valence-corrected chi connectivity index (χ2v) is 4.78. The molecule has 1 amide bonds. The Labute approximate surface area is 108 Å². The molecule has 0 fully saturated rings. The summed E-state index contributed by atoms with van der Waals surface area (Å²) in [5.74, 6) is 0.685. The molecule has 0 aromatic heterocycles. The van der Waals surface area contributed by atoms with Gasteiger partial charge in [-0.3, -0.25) is 4.79 Å². The SMILES string of the molecule is COc1ccc(O)c(C(=O)N(C)C(C)C(C)C)c1. The quantitative estimate of drug-likeness (QED) is 0.894. The van der Waals surface area contributed by atoms with Crippen LogP contribution in [0.15, 0.2) is 18.2 Å². The number of nitrogens with zero attached hydrogens (tertiary/aromatic N) is 1. The molecule has 0 saturated carbocycles. The predicted octanol–water partition coefficient (Wildman–Crippen LogP) is 2.52. The summed E-state index contributed by atoms with van der Waals surface area (Å²) in [5, 5.41) is 9.77. The van der Waals surface area contributed by atoms with E-state index in [9.17, 15) is 9.90 Å². The van der Waals surface area contributed by atoms with Gasteiger partial charge in [-0.25, -0.2) is 0 Å². The number of ether oxygens (including phenoxy) is 1. The van der Waals surface area contributed by atoms with Crippen LogP contribution in [0.2, 0.25) is 0 Å². The lowest BCUT2D eigenvalue weighted by Gasteiger charge is -2.28. The molecule has 0 spiro atoms. The average molecular weight is 251 g/mol. The number of carbonyl (C=O) groups excluding carboxylic acids is 1. The number of hydrogen-bond donors (Lipinski definition) is 1. The first-order valence-corrected chi connectivity index (χ1v) is 6.02. The zero-order valence-corrected chi connectivity index (χ0v) is 11.6. The molecule has 1 N–H and O–H groups in total. The van der Waals surface area contributed by atoms with E-state index in [2.05, 4.69) is 13.8 Å². The number of methoxy groups -OCH3 is 1. The maximum absolute atomic E-state index is 12.3. The molecule has 1 aromatic rings. The van der Waals surface area contributed by atoms with Gasteiger partial charge in [-0.2, -0.15) is 0 Å². The first-order valence-electron chi connectivity index (χ1n) is 6.02. The van der Waals surface area contributed by atoms with Crippen LogP contribution in [0, 0.1) is 5.92 Å². The Morgan fingerprint density at radius 3 is 2.44 bits per heavy atom. The third-order valence-electron chi connectivity index (χ3n) is 3.33. The molecule has 0 saturated heterocycles. The van der Waals surface area contributed by atoms with E-state index in [1.807, 2.05) is 6.92 Å². The molecular formula is C14H21NO3. The van der Waals surface area contributed by atoms with E-state index in [0.717, 1.165) is 0 Å². The van der Waals surface area contributed by atoms with Crippen LogP contribution in [0.3, 0.4) is 0 Å². The van der Waals surface area contributed by atoms with Crippen LogP contribution in [0.25, 0.3) is 0 Å². The molecule has 0 aliphatic carbocycles. The Morgan fingerprint density at radius 2 is 1.94 bits per heavy atom. The van der Waals surface area contributed by atoms with E-state index in [-0.39, 0.29) is 23.3 Å². The van der Waals surface area contributed by atoms with Crippen molar-refractivity contribution < 1.29 is 14.6 Å². The molecular weight excluding hydrogens is 230 g/mol. The molecule has 0 bridgehead atoms. The lowest BCUT2D eigenvalue weighted by atomic mass is 10.0. The zero-order chi connectivity index (χ0) is 13.9. The molecule has 1 atom stereocenters. The molecule has 4 heteroatoms. The van der Waals surface area contributed by atoms with Gasteiger partial charge in [0.25, 0.3) is 5.91 Å². The topological polar surface area (TPSA) is 49.8 Å². The number of hydrogen-bond acceptors (Lipinski definition) is 3. The minimum absolute atomic E-state index is 0.0244. The number of amides is 1. The van der Waals surface area contributed by atoms with Crippen molar-refractivity contribution in [2.75, 3.05) is 14.2 Å². The van der Waals surface area contributed by atoms with Crippen LogP contribution in [0.5, 0.6) is 11.5 Å².